The van der Waals surface area contributed by atoms with E-state index in [1.807, 2.05) is 0 Å². The number of carbonyl (C=O) groups excluding carboxylic acids is 1. The van der Waals surface area contributed by atoms with E-state index in [9.17, 15) is 27.9 Å². The number of carbonyl (C=O) groups is 2. The fraction of sp³-hybridized carbons (Fsp3) is 0.233. The molecule has 4 rings (SSSR count). The number of hydrogen-bond acceptors (Lipinski definition) is 6. The van der Waals surface area contributed by atoms with Gasteiger partial charge >= 0.3 is 18.2 Å². The van der Waals surface area contributed by atoms with Crippen molar-refractivity contribution in [1.82, 2.24) is 10.5 Å². The van der Waals surface area contributed by atoms with Crippen LogP contribution in [-0.2, 0) is 28.7 Å². The number of aromatic nitrogens is 1. The lowest BCUT2D eigenvalue weighted by Crippen LogP contribution is -2.38. The maximum atomic E-state index is 12.8. The molecule has 0 spiro atoms. The van der Waals surface area contributed by atoms with E-state index in [4.69, 9.17) is 20.9 Å². The molecule has 42 heavy (non-hydrogen) atoms. The fourth-order valence-corrected chi connectivity index (χ4v) is 4.49. The van der Waals surface area contributed by atoms with Crippen molar-refractivity contribution in [3.63, 3.8) is 0 Å². The molecule has 2 atom stereocenters. The molecule has 3 N–H and O–H groups in total. The van der Waals surface area contributed by atoms with Gasteiger partial charge in [-0.2, -0.15) is 13.2 Å². The standard InChI is InChI=1S/C30H27ClF3N3O5/c1-17-26(36-29(40)41-18(2)23-5-3-4-6-24(23)31)27(42-37-17)21-11-7-20(8-12-21)16-35-25(28(38)39)15-19-9-13-22(14-10-19)30(32,33)34/h3-14,18,25,35H,15-16H2,1-2H3,(H,36,40)(H,38,39)/t18?,25-/m1/s1. The number of benzene rings is 3. The number of carboxylic acid groups (broad SMARTS) is 1. The smallest absolute Gasteiger partial charge is 0.416 e. The Hall–Kier alpha value is -4.35. The zero-order valence-electron chi connectivity index (χ0n) is 22.5. The first-order valence-electron chi connectivity index (χ1n) is 12.8. The number of nitrogens with one attached hydrogen (secondary N) is 2. The Morgan fingerprint density at radius 3 is 2.29 bits per heavy atom. The van der Waals surface area contributed by atoms with Crippen LogP contribution in [0, 0.1) is 6.92 Å². The summed E-state index contributed by atoms with van der Waals surface area (Å²) in [7, 11) is 0. The lowest BCUT2D eigenvalue weighted by molar-refractivity contribution is -0.140. The molecule has 0 saturated carbocycles. The third kappa shape index (κ3) is 7.68. The van der Waals surface area contributed by atoms with Crippen LogP contribution in [0.25, 0.3) is 11.3 Å². The largest absolute Gasteiger partial charge is 0.480 e. The molecule has 1 aromatic heterocycles. The van der Waals surface area contributed by atoms with Crippen molar-refractivity contribution in [3.8, 4) is 11.3 Å². The van der Waals surface area contributed by atoms with Crippen LogP contribution in [0.1, 0.15) is 41.0 Å². The van der Waals surface area contributed by atoms with Gasteiger partial charge in [-0.3, -0.25) is 10.1 Å². The molecule has 12 heteroatoms. The average Bonchev–Trinajstić information content (AvgIpc) is 3.30. The number of nitrogens with zero attached hydrogens (tertiary/aromatic N) is 1. The molecule has 3 aromatic carbocycles. The van der Waals surface area contributed by atoms with Crippen LogP contribution in [0.2, 0.25) is 5.02 Å². The highest BCUT2D eigenvalue weighted by molar-refractivity contribution is 6.31. The summed E-state index contributed by atoms with van der Waals surface area (Å²) in [6, 6.07) is 17.4. The highest BCUT2D eigenvalue weighted by Crippen LogP contribution is 2.32. The van der Waals surface area contributed by atoms with Crippen LogP contribution in [0.5, 0.6) is 0 Å². The molecule has 0 aliphatic carbocycles. The normalized spacial score (nSPS) is 12.9. The average molecular weight is 602 g/mol. The molecule has 0 aliphatic rings. The molecule has 0 radical (unpaired) electrons. The second-order valence-corrected chi connectivity index (χ2v) is 9.94. The van der Waals surface area contributed by atoms with E-state index in [1.54, 1.807) is 62.4 Å². The summed E-state index contributed by atoms with van der Waals surface area (Å²) in [4.78, 5) is 24.4. The molecule has 0 bridgehead atoms. The lowest BCUT2D eigenvalue weighted by atomic mass is 10.0. The van der Waals surface area contributed by atoms with E-state index in [0.717, 1.165) is 17.7 Å². The molecule has 0 saturated heterocycles. The molecular formula is C30H27ClF3N3O5. The number of halogens is 4. The van der Waals surface area contributed by atoms with Gasteiger partial charge in [-0.15, -0.1) is 0 Å². The van der Waals surface area contributed by atoms with Crippen molar-refractivity contribution in [3.05, 3.63) is 106 Å². The van der Waals surface area contributed by atoms with E-state index in [0.29, 0.717) is 38.9 Å². The summed E-state index contributed by atoms with van der Waals surface area (Å²) in [6.07, 6.45) is -5.79. The van der Waals surface area contributed by atoms with E-state index < -0.39 is 35.9 Å². The van der Waals surface area contributed by atoms with E-state index in [-0.39, 0.29) is 13.0 Å². The minimum atomic E-state index is -4.46. The number of aliphatic carboxylic acids is 1. The first-order chi connectivity index (χ1) is 19.9. The Kier molecular flexibility index (Phi) is 9.54. The van der Waals surface area contributed by atoms with Crippen LogP contribution in [0.4, 0.5) is 23.7 Å². The van der Waals surface area contributed by atoms with Crippen LogP contribution in [0.3, 0.4) is 0 Å². The Morgan fingerprint density at radius 1 is 1.02 bits per heavy atom. The van der Waals surface area contributed by atoms with Crippen LogP contribution in [-0.4, -0.2) is 28.4 Å². The van der Waals surface area contributed by atoms with Gasteiger partial charge in [-0.25, -0.2) is 4.79 Å². The summed E-state index contributed by atoms with van der Waals surface area (Å²) in [5.41, 5.74) is 2.44. The second-order valence-electron chi connectivity index (χ2n) is 9.53. The summed E-state index contributed by atoms with van der Waals surface area (Å²) < 4.78 is 49.4. The van der Waals surface area contributed by atoms with Crippen molar-refractivity contribution in [1.29, 1.82) is 0 Å². The predicted molar refractivity (Wildman–Crippen MR) is 150 cm³/mol. The van der Waals surface area contributed by atoms with E-state index in [2.05, 4.69) is 15.8 Å². The molecule has 0 aliphatic heterocycles. The Balaban J connectivity index is 1.38. The van der Waals surface area contributed by atoms with Gasteiger partial charge in [0, 0.05) is 22.7 Å². The number of hydrogen-bond donors (Lipinski definition) is 3. The van der Waals surface area contributed by atoms with Crippen molar-refractivity contribution >= 4 is 29.4 Å². The number of anilines is 1. The third-order valence-corrected chi connectivity index (χ3v) is 6.85. The van der Waals surface area contributed by atoms with Crippen molar-refractivity contribution < 1.29 is 37.1 Å². The van der Waals surface area contributed by atoms with Gasteiger partial charge in [0.25, 0.3) is 0 Å². The maximum Gasteiger partial charge on any atom is 0.416 e. The second kappa shape index (κ2) is 13.1. The Bertz CT molecular complexity index is 1540. The number of rotatable bonds is 10. The third-order valence-electron chi connectivity index (χ3n) is 6.50. The van der Waals surface area contributed by atoms with E-state index in [1.165, 1.54) is 12.1 Å². The fourth-order valence-electron chi connectivity index (χ4n) is 4.20. The summed E-state index contributed by atoms with van der Waals surface area (Å²) >= 11 is 6.19. The number of aryl methyl sites for hydroxylation is 1. The summed E-state index contributed by atoms with van der Waals surface area (Å²) in [6.45, 7) is 3.55. The summed E-state index contributed by atoms with van der Waals surface area (Å²) in [5, 5.41) is 19.6. The first-order valence-corrected chi connectivity index (χ1v) is 13.2. The number of amides is 1. The summed E-state index contributed by atoms with van der Waals surface area (Å²) in [5.74, 6) is -0.824. The first kappa shape index (κ1) is 30.6. The van der Waals surface area contributed by atoms with E-state index >= 15 is 0 Å². The molecule has 4 aromatic rings. The quantitative estimate of drug-likeness (QED) is 0.173. The molecule has 1 heterocycles. The van der Waals surface area contributed by atoms with Crippen molar-refractivity contribution in [2.75, 3.05) is 5.32 Å². The molecular weight excluding hydrogens is 575 g/mol. The minimum Gasteiger partial charge on any atom is -0.480 e. The van der Waals surface area contributed by atoms with Crippen LogP contribution < -0.4 is 10.6 Å². The molecule has 8 nitrogen and oxygen atoms in total. The molecule has 1 unspecified atom stereocenters. The Labute approximate surface area is 244 Å². The van der Waals surface area contributed by atoms with Gasteiger partial charge in [-0.1, -0.05) is 71.4 Å². The van der Waals surface area contributed by atoms with Gasteiger partial charge < -0.3 is 19.7 Å². The maximum absolute atomic E-state index is 12.8. The van der Waals surface area contributed by atoms with Gasteiger partial charge in [0.1, 0.15) is 23.5 Å². The van der Waals surface area contributed by atoms with Gasteiger partial charge in [0.15, 0.2) is 5.76 Å². The van der Waals surface area contributed by atoms with Gasteiger partial charge in [-0.05, 0) is 49.6 Å². The van der Waals surface area contributed by atoms with Crippen LogP contribution in [0.15, 0.2) is 77.3 Å². The molecule has 0 fully saturated rings. The number of carboxylic acids is 1. The Morgan fingerprint density at radius 2 is 1.67 bits per heavy atom. The van der Waals surface area contributed by atoms with Crippen LogP contribution >= 0.6 is 11.6 Å². The molecule has 220 valence electrons. The minimum absolute atomic E-state index is 0.00309. The highest BCUT2D eigenvalue weighted by Gasteiger charge is 2.30. The predicted octanol–water partition coefficient (Wildman–Crippen LogP) is 7.42. The van der Waals surface area contributed by atoms with Gasteiger partial charge in [0.05, 0.1) is 5.56 Å². The molecule has 1 amide bonds. The number of ether oxygens (including phenoxy) is 1. The number of alkyl halides is 3. The van der Waals surface area contributed by atoms with Crippen molar-refractivity contribution in [2.45, 2.75) is 45.1 Å². The monoisotopic (exact) mass is 601 g/mol. The zero-order chi connectivity index (χ0) is 30.4. The zero-order valence-corrected chi connectivity index (χ0v) is 23.3. The van der Waals surface area contributed by atoms with Gasteiger partial charge in [0.2, 0.25) is 0 Å². The highest BCUT2D eigenvalue weighted by atomic mass is 35.5. The van der Waals surface area contributed by atoms with Crippen molar-refractivity contribution in [2.24, 2.45) is 0 Å². The lowest BCUT2D eigenvalue weighted by Gasteiger charge is -2.16. The topological polar surface area (TPSA) is 114 Å². The SMILES string of the molecule is Cc1noc(-c2ccc(CN[C@H](Cc3ccc(C(F)(F)F)cc3)C(=O)O)cc2)c1NC(=O)OC(C)c1ccccc1Cl.